The summed E-state index contributed by atoms with van der Waals surface area (Å²) in [4.78, 5) is 19.2. The Morgan fingerprint density at radius 2 is 2.00 bits per heavy atom. The van der Waals surface area contributed by atoms with Gasteiger partial charge in [-0.25, -0.2) is 4.98 Å². The number of rotatable bonds is 3. The molecule has 8 heteroatoms. The number of nitrogens with two attached hydrogens (primary N) is 1. The topological polar surface area (TPSA) is 59.2 Å². The molecule has 0 saturated carbocycles. The van der Waals surface area contributed by atoms with Gasteiger partial charge in [0.15, 0.2) is 0 Å². The molecule has 1 saturated heterocycles. The van der Waals surface area contributed by atoms with E-state index >= 15 is 0 Å². The molecule has 1 aliphatic heterocycles. The van der Waals surface area contributed by atoms with E-state index < -0.39 is 0 Å². The normalized spacial score (nSPS) is 18.0. The first-order valence-electron chi connectivity index (χ1n) is 7.84. The highest BCUT2D eigenvalue weighted by atomic mass is 35.5. The van der Waals surface area contributed by atoms with Gasteiger partial charge in [-0.3, -0.25) is 4.79 Å². The monoisotopic (exact) mass is 421 g/mol. The lowest BCUT2D eigenvalue weighted by Gasteiger charge is -2.37. The van der Waals surface area contributed by atoms with Crippen molar-refractivity contribution < 1.29 is 4.79 Å². The third kappa shape index (κ3) is 5.08. The fourth-order valence-corrected chi connectivity index (χ4v) is 3.93. The molecule has 138 valence electrons. The van der Waals surface area contributed by atoms with Gasteiger partial charge in [-0.05, 0) is 38.3 Å². The van der Waals surface area contributed by atoms with Gasteiger partial charge in [0.2, 0.25) is 0 Å². The molecule has 1 aliphatic rings. The fourth-order valence-electron chi connectivity index (χ4n) is 3.00. The molecule has 0 aliphatic carbocycles. The number of carbonyl (C=O) groups is 1. The van der Waals surface area contributed by atoms with Crippen molar-refractivity contribution in [3.63, 3.8) is 0 Å². The van der Waals surface area contributed by atoms with Crippen molar-refractivity contribution in [2.75, 3.05) is 6.54 Å². The summed E-state index contributed by atoms with van der Waals surface area (Å²) in [6.07, 6.45) is 3.13. The predicted molar refractivity (Wildman–Crippen MR) is 109 cm³/mol. The lowest BCUT2D eigenvalue weighted by molar-refractivity contribution is 0.0578. The first kappa shape index (κ1) is 22.2. The number of hydrogen-bond acceptors (Lipinski definition) is 4. The largest absolute Gasteiger partial charge is 0.333 e. The Morgan fingerprint density at radius 1 is 1.32 bits per heavy atom. The van der Waals surface area contributed by atoms with Crippen molar-refractivity contribution in [1.82, 2.24) is 9.88 Å². The van der Waals surface area contributed by atoms with Gasteiger partial charge < -0.3 is 10.6 Å². The van der Waals surface area contributed by atoms with Gasteiger partial charge in [-0.1, -0.05) is 23.7 Å². The summed E-state index contributed by atoms with van der Waals surface area (Å²) in [7, 11) is 0. The maximum atomic E-state index is 12.8. The summed E-state index contributed by atoms with van der Waals surface area (Å²) in [5, 5.41) is 3.35. The Kier molecular flexibility index (Phi) is 8.64. The summed E-state index contributed by atoms with van der Waals surface area (Å²) in [6, 6.07) is 7.58. The zero-order valence-corrected chi connectivity index (χ0v) is 17.1. The number of hydrogen-bond donors (Lipinski definition) is 1. The van der Waals surface area contributed by atoms with Crippen LogP contribution in [0.3, 0.4) is 0 Å². The van der Waals surface area contributed by atoms with E-state index in [1.54, 1.807) is 0 Å². The van der Waals surface area contributed by atoms with Crippen molar-refractivity contribution in [2.45, 2.75) is 38.3 Å². The average molecular weight is 423 g/mol. The quantitative estimate of drug-likeness (QED) is 0.783. The lowest BCUT2D eigenvalue weighted by Crippen LogP contribution is -2.51. The number of thiazole rings is 1. The molecule has 1 fully saturated rings. The van der Waals surface area contributed by atoms with E-state index in [0.29, 0.717) is 10.7 Å². The van der Waals surface area contributed by atoms with Gasteiger partial charge in [0.1, 0.15) is 10.7 Å². The highest BCUT2D eigenvalue weighted by Gasteiger charge is 2.30. The summed E-state index contributed by atoms with van der Waals surface area (Å²) in [6.45, 7) is 2.73. The third-order valence-corrected chi connectivity index (χ3v) is 5.37. The van der Waals surface area contributed by atoms with E-state index in [2.05, 4.69) is 4.98 Å². The van der Waals surface area contributed by atoms with Crippen LogP contribution in [-0.4, -0.2) is 34.4 Å². The number of halogens is 3. The SMILES string of the molecule is CC(N)C1CCCCN1C(=O)c1csc(-c2ccc(Cl)cc2)n1.Cl.Cl. The van der Waals surface area contributed by atoms with Crippen LogP contribution in [0.25, 0.3) is 10.6 Å². The first-order chi connectivity index (χ1) is 11.1. The molecule has 2 aromatic rings. The number of piperidine rings is 1. The van der Waals surface area contributed by atoms with Crippen molar-refractivity contribution in [2.24, 2.45) is 5.73 Å². The van der Waals surface area contributed by atoms with Crippen LogP contribution >= 0.6 is 47.8 Å². The van der Waals surface area contributed by atoms with Crippen LogP contribution in [0, 0.1) is 0 Å². The third-order valence-electron chi connectivity index (χ3n) is 4.23. The number of aromatic nitrogens is 1. The second-order valence-electron chi connectivity index (χ2n) is 5.97. The molecular weight excluding hydrogens is 401 g/mol. The van der Waals surface area contributed by atoms with Crippen molar-refractivity contribution >= 4 is 53.7 Å². The fraction of sp³-hybridized carbons (Fsp3) is 0.412. The minimum atomic E-state index is -0.0198. The summed E-state index contributed by atoms with van der Waals surface area (Å²) >= 11 is 7.39. The van der Waals surface area contributed by atoms with E-state index in [0.717, 1.165) is 36.4 Å². The first-order valence-corrected chi connectivity index (χ1v) is 9.10. The molecule has 1 aromatic heterocycles. The molecule has 2 heterocycles. The van der Waals surface area contributed by atoms with Gasteiger partial charge in [0.05, 0.1) is 0 Å². The molecule has 1 aromatic carbocycles. The average Bonchev–Trinajstić information content (AvgIpc) is 3.04. The number of benzene rings is 1. The maximum absolute atomic E-state index is 12.8. The molecule has 3 rings (SSSR count). The van der Waals surface area contributed by atoms with Crippen molar-refractivity contribution in [1.29, 1.82) is 0 Å². The molecule has 2 N–H and O–H groups in total. The molecule has 1 amide bonds. The van der Waals surface area contributed by atoms with Crippen LogP contribution in [0.15, 0.2) is 29.6 Å². The highest BCUT2D eigenvalue weighted by molar-refractivity contribution is 7.13. The Balaban J connectivity index is 0.00000156. The molecule has 4 nitrogen and oxygen atoms in total. The Bertz CT molecular complexity index is 691. The molecule has 2 unspecified atom stereocenters. The molecule has 0 radical (unpaired) electrons. The molecule has 25 heavy (non-hydrogen) atoms. The van der Waals surface area contributed by atoms with Crippen LogP contribution < -0.4 is 5.73 Å². The highest BCUT2D eigenvalue weighted by Crippen LogP contribution is 2.27. The number of likely N-dealkylation sites (tertiary alicyclic amines) is 1. The van der Waals surface area contributed by atoms with E-state index in [1.807, 2.05) is 41.5 Å². The Hall–Kier alpha value is -0.850. The van der Waals surface area contributed by atoms with E-state index in [-0.39, 0.29) is 42.8 Å². The van der Waals surface area contributed by atoms with Crippen LogP contribution in [0.2, 0.25) is 5.02 Å². The van der Waals surface area contributed by atoms with Crippen molar-refractivity contribution in [3.8, 4) is 10.6 Å². The smallest absolute Gasteiger partial charge is 0.273 e. The second kappa shape index (κ2) is 9.74. The number of amides is 1. The Labute approximate surface area is 169 Å². The van der Waals surface area contributed by atoms with Gasteiger partial charge in [0, 0.05) is 34.6 Å². The van der Waals surface area contributed by atoms with Gasteiger partial charge in [-0.2, -0.15) is 0 Å². The molecule has 0 bridgehead atoms. The van der Waals surface area contributed by atoms with Crippen LogP contribution in [0.5, 0.6) is 0 Å². The van der Waals surface area contributed by atoms with Gasteiger partial charge in [0.25, 0.3) is 5.91 Å². The standard InChI is InChI=1S/C17H20ClN3OS.2ClH/c1-11(19)15-4-2-3-9-21(15)17(22)14-10-23-16(20-14)12-5-7-13(18)8-6-12;;/h5-8,10-11,15H,2-4,9,19H2,1H3;2*1H. The minimum Gasteiger partial charge on any atom is -0.333 e. The van der Waals surface area contributed by atoms with Crippen LogP contribution in [-0.2, 0) is 0 Å². The maximum Gasteiger partial charge on any atom is 0.273 e. The zero-order chi connectivity index (χ0) is 16.4. The zero-order valence-electron chi connectivity index (χ0n) is 13.9. The lowest BCUT2D eigenvalue weighted by atomic mass is 9.96. The summed E-state index contributed by atoms with van der Waals surface area (Å²) < 4.78 is 0. The summed E-state index contributed by atoms with van der Waals surface area (Å²) in [5.41, 5.74) is 7.54. The molecule has 2 atom stereocenters. The van der Waals surface area contributed by atoms with E-state index in [1.165, 1.54) is 11.3 Å². The minimum absolute atomic E-state index is 0. The van der Waals surface area contributed by atoms with Crippen LogP contribution in [0.1, 0.15) is 36.7 Å². The Morgan fingerprint density at radius 3 is 2.64 bits per heavy atom. The molecular formula is C17H22Cl3N3OS. The number of nitrogens with zero attached hydrogens (tertiary/aromatic N) is 2. The van der Waals surface area contributed by atoms with E-state index in [4.69, 9.17) is 17.3 Å². The van der Waals surface area contributed by atoms with Gasteiger partial charge in [-0.15, -0.1) is 36.2 Å². The second-order valence-corrected chi connectivity index (χ2v) is 7.26. The summed E-state index contributed by atoms with van der Waals surface area (Å²) in [5.74, 6) is -0.0107. The number of carbonyl (C=O) groups excluding carboxylic acids is 1. The van der Waals surface area contributed by atoms with Gasteiger partial charge >= 0.3 is 0 Å². The molecule has 0 spiro atoms. The van der Waals surface area contributed by atoms with Crippen molar-refractivity contribution in [3.05, 3.63) is 40.4 Å². The van der Waals surface area contributed by atoms with E-state index in [9.17, 15) is 4.79 Å². The predicted octanol–water partition coefficient (Wildman–Crippen LogP) is 4.65. The van der Waals surface area contributed by atoms with Crippen LogP contribution in [0.4, 0.5) is 0 Å².